The summed E-state index contributed by atoms with van der Waals surface area (Å²) in [5.74, 6) is 0.240. The smallest absolute Gasteiger partial charge is 0.338 e. The number of benzene rings is 1. The third kappa shape index (κ3) is 6.83. The monoisotopic (exact) mass is 507 g/mol. The molecule has 3 rings (SSSR count). The molecule has 1 aromatic carbocycles. The Labute approximate surface area is 210 Å². The second-order valence-corrected chi connectivity index (χ2v) is 8.86. The Morgan fingerprint density at radius 2 is 1.86 bits per heavy atom. The number of methoxy groups -OCH3 is 2. The number of carbonyl (C=O) groups excluding carboxylic acids is 2. The summed E-state index contributed by atoms with van der Waals surface area (Å²) in [6.45, 7) is 7.00. The molecular weight excluding hydrogens is 474 g/mol. The topological polar surface area (TPSA) is 108 Å². The Balaban J connectivity index is 1.75. The lowest BCUT2D eigenvalue weighted by Crippen LogP contribution is -2.49. The number of thiocarbonyl (C=S) groups is 1. The van der Waals surface area contributed by atoms with E-state index in [1.165, 1.54) is 14.2 Å². The molecule has 0 bridgehead atoms. The van der Waals surface area contributed by atoms with Crippen molar-refractivity contribution in [2.75, 3.05) is 47.1 Å². The number of esters is 1. The number of allylic oxidation sites excluding steroid dienone is 1. The quantitative estimate of drug-likeness (QED) is 0.291. The van der Waals surface area contributed by atoms with Crippen LogP contribution in [0, 0.1) is 0 Å². The van der Waals surface area contributed by atoms with Gasteiger partial charge in [0, 0.05) is 25.9 Å². The van der Waals surface area contributed by atoms with Gasteiger partial charge in [-0.1, -0.05) is 6.07 Å². The first-order valence-corrected chi connectivity index (χ1v) is 11.8. The molecule has 0 aromatic heterocycles. The molecule has 2 N–H and O–H groups in total. The predicted octanol–water partition coefficient (Wildman–Crippen LogP) is 1.69. The number of morpholine rings is 1. The summed E-state index contributed by atoms with van der Waals surface area (Å²) >= 11 is 5.31. The molecule has 35 heavy (non-hydrogen) atoms. The van der Waals surface area contributed by atoms with Gasteiger partial charge in [0.25, 0.3) is 5.91 Å². The summed E-state index contributed by atoms with van der Waals surface area (Å²) in [4.78, 5) is 27.2. The van der Waals surface area contributed by atoms with E-state index in [1.807, 2.05) is 13.8 Å². The molecule has 2 heterocycles. The second-order valence-electron chi connectivity index (χ2n) is 8.45. The fraction of sp³-hybridized carbons (Fsp3) is 0.542. The zero-order chi connectivity index (χ0) is 25.5. The molecule has 3 atom stereocenters. The van der Waals surface area contributed by atoms with Crippen LogP contribution in [-0.2, 0) is 23.8 Å². The first kappa shape index (κ1) is 26.7. The molecule has 1 aromatic rings. The minimum atomic E-state index is -0.556. The highest BCUT2D eigenvalue weighted by molar-refractivity contribution is 7.80. The average molecular weight is 508 g/mol. The summed E-state index contributed by atoms with van der Waals surface area (Å²) in [6.07, 6.45) is -0.0426. The van der Waals surface area contributed by atoms with Crippen molar-refractivity contribution in [2.45, 2.75) is 39.0 Å². The molecule has 11 heteroatoms. The third-order valence-electron chi connectivity index (χ3n) is 5.65. The predicted molar refractivity (Wildman–Crippen MR) is 132 cm³/mol. The van der Waals surface area contributed by atoms with Crippen LogP contribution in [0.5, 0.6) is 11.5 Å². The number of carbonyl (C=O) groups is 2. The Morgan fingerprint density at radius 3 is 2.51 bits per heavy atom. The van der Waals surface area contributed by atoms with Gasteiger partial charge in [-0.25, -0.2) is 4.79 Å². The first-order valence-electron chi connectivity index (χ1n) is 11.4. The molecule has 0 unspecified atom stereocenters. The van der Waals surface area contributed by atoms with E-state index in [0.29, 0.717) is 47.6 Å². The number of ether oxygens (including phenoxy) is 5. The SMILES string of the molecule is COCCOC(=O)C1=C(C)NC(=S)N[C@H]1c1ccc(OCC(=O)N2C[C@H](C)O[C@@H](C)C2)c(OC)c1. The van der Waals surface area contributed by atoms with Crippen LogP contribution in [0.3, 0.4) is 0 Å². The highest BCUT2D eigenvalue weighted by Gasteiger charge is 2.32. The Hall–Kier alpha value is -2.89. The van der Waals surface area contributed by atoms with E-state index in [-0.39, 0.29) is 31.3 Å². The lowest BCUT2D eigenvalue weighted by molar-refractivity contribution is -0.145. The van der Waals surface area contributed by atoms with Gasteiger partial charge in [-0.15, -0.1) is 0 Å². The summed E-state index contributed by atoms with van der Waals surface area (Å²) in [6, 6.07) is 4.70. The summed E-state index contributed by atoms with van der Waals surface area (Å²) in [5, 5.41) is 6.48. The number of nitrogens with one attached hydrogen (secondary N) is 2. The minimum absolute atomic E-state index is 0.0213. The van der Waals surface area contributed by atoms with Crippen molar-refractivity contribution in [3.63, 3.8) is 0 Å². The van der Waals surface area contributed by atoms with Crippen molar-refractivity contribution >= 4 is 29.2 Å². The van der Waals surface area contributed by atoms with Crippen LogP contribution in [-0.4, -0.2) is 81.2 Å². The van der Waals surface area contributed by atoms with E-state index in [0.717, 1.165) is 5.56 Å². The van der Waals surface area contributed by atoms with Crippen LogP contribution in [0.4, 0.5) is 0 Å². The molecule has 2 aliphatic rings. The summed E-state index contributed by atoms with van der Waals surface area (Å²) in [5.41, 5.74) is 1.72. The van der Waals surface area contributed by atoms with Crippen LogP contribution in [0.25, 0.3) is 0 Å². The standard InChI is InChI=1S/C24H33N3O7S/c1-14-11-27(12-15(2)34-14)20(28)13-33-18-7-6-17(10-19(18)31-5)22-21(16(3)25-24(35)26-22)23(29)32-9-8-30-4/h6-7,10,14-15,22H,8-9,11-13H2,1-5H3,(H2,25,26,35)/t14-,15-,22-/m0/s1. The molecule has 1 amide bonds. The van der Waals surface area contributed by atoms with Gasteiger partial charge in [-0.3, -0.25) is 4.79 Å². The molecule has 2 aliphatic heterocycles. The van der Waals surface area contributed by atoms with Gasteiger partial charge in [-0.05, 0) is 50.7 Å². The van der Waals surface area contributed by atoms with Crippen molar-refractivity contribution in [1.82, 2.24) is 15.5 Å². The second kappa shape index (κ2) is 12.2. The zero-order valence-corrected chi connectivity index (χ0v) is 21.5. The molecule has 0 aliphatic carbocycles. The van der Waals surface area contributed by atoms with Crippen molar-refractivity contribution < 1.29 is 33.3 Å². The Kier molecular flexibility index (Phi) is 9.30. The maximum Gasteiger partial charge on any atom is 0.338 e. The first-order chi connectivity index (χ1) is 16.7. The van der Waals surface area contributed by atoms with Crippen molar-refractivity contribution in [2.24, 2.45) is 0 Å². The minimum Gasteiger partial charge on any atom is -0.493 e. The molecule has 0 radical (unpaired) electrons. The van der Waals surface area contributed by atoms with Crippen LogP contribution in [0.1, 0.15) is 32.4 Å². The number of nitrogens with zero attached hydrogens (tertiary/aromatic N) is 1. The van der Waals surface area contributed by atoms with E-state index < -0.39 is 12.0 Å². The number of amides is 1. The fourth-order valence-corrected chi connectivity index (χ4v) is 4.38. The zero-order valence-electron chi connectivity index (χ0n) is 20.7. The Bertz CT molecular complexity index is 974. The molecule has 10 nitrogen and oxygen atoms in total. The molecule has 0 saturated carbocycles. The molecule has 192 valence electrons. The van der Waals surface area contributed by atoms with Gasteiger partial charge < -0.3 is 39.2 Å². The van der Waals surface area contributed by atoms with Gasteiger partial charge in [-0.2, -0.15) is 0 Å². The van der Waals surface area contributed by atoms with Crippen LogP contribution >= 0.6 is 12.2 Å². The highest BCUT2D eigenvalue weighted by Crippen LogP contribution is 2.34. The van der Waals surface area contributed by atoms with E-state index >= 15 is 0 Å². The van der Waals surface area contributed by atoms with E-state index in [1.54, 1.807) is 30.0 Å². The molecule has 1 saturated heterocycles. The normalized spacial score (nSPS) is 22.3. The van der Waals surface area contributed by atoms with Gasteiger partial charge in [0.15, 0.2) is 23.2 Å². The van der Waals surface area contributed by atoms with Crippen LogP contribution < -0.4 is 20.1 Å². The lowest BCUT2D eigenvalue weighted by atomic mass is 9.95. The third-order valence-corrected chi connectivity index (χ3v) is 5.87. The maximum absolute atomic E-state index is 12.8. The fourth-order valence-electron chi connectivity index (χ4n) is 4.11. The van der Waals surface area contributed by atoms with Crippen molar-refractivity contribution in [1.29, 1.82) is 0 Å². The van der Waals surface area contributed by atoms with Crippen LogP contribution in [0.2, 0.25) is 0 Å². The molecular formula is C24H33N3O7S. The van der Waals surface area contributed by atoms with Crippen LogP contribution in [0.15, 0.2) is 29.5 Å². The summed E-state index contributed by atoms with van der Waals surface area (Å²) < 4.78 is 27.3. The van der Waals surface area contributed by atoms with E-state index in [9.17, 15) is 9.59 Å². The van der Waals surface area contributed by atoms with Gasteiger partial charge in [0.1, 0.15) is 6.61 Å². The maximum atomic E-state index is 12.8. The van der Waals surface area contributed by atoms with Gasteiger partial charge >= 0.3 is 5.97 Å². The highest BCUT2D eigenvalue weighted by atomic mass is 32.1. The molecule has 1 fully saturated rings. The van der Waals surface area contributed by atoms with Gasteiger partial charge in [0.05, 0.1) is 37.5 Å². The van der Waals surface area contributed by atoms with Crippen molar-refractivity contribution in [3.8, 4) is 11.5 Å². The van der Waals surface area contributed by atoms with E-state index in [2.05, 4.69) is 10.6 Å². The number of rotatable bonds is 9. The van der Waals surface area contributed by atoms with E-state index in [4.69, 9.17) is 35.9 Å². The molecule has 0 spiro atoms. The van der Waals surface area contributed by atoms with Crippen molar-refractivity contribution in [3.05, 3.63) is 35.0 Å². The lowest BCUT2D eigenvalue weighted by Gasteiger charge is -2.35. The summed E-state index contributed by atoms with van der Waals surface area (Å²) in [7, 11) is 3.05. The van der Waals surface area contributed by atoms with Gasteiger partial charge in [0.2, 0.25) is 0 Å². The Morgan fingerprint density at radius 1 is 1.14 bits per heavy atom. The number of hydrogen-bond donors (Lipinski definition) is 2. The number of hydrogen-bond acceptors (Lipinski definition) is 8. The average Bonchev–Trinajstić information content (AvgIpc) is 2.81. The largest absolute Gasteiger partial charge is 0.493 e.